The van der Waals surface area contributed by atoms with Gasteiger partial charge in [-0.3, -0.25) is 0 Å². The van der Waals surface area contributed by atoms with Gasteiger partial charge in [0, 0.05) is 7.11 Å². The third-order valence-electron chi connectivity index (χ3n) is 3.88. The van der Waals surface area contributed by atoms with Gasteiger partial charge in [0.05, 0.1) is 12.2 Å². The molecular formula is C11H20O2. The van der Waals surface area contributed by atoms with E-state index >= 15 is 0 Å². The fourth-order valence-corrected chi connectivity index (χ4v) is 3.08. The normalized spacial score (nSPS) is 45.7. The van der Waals surface area contributed by atoms with Crippen LogP contribution in [0.25, 0.3) is 0 Å². The standard InChI is InChI=1S/C11H20O2/c1-13-11-7-9-5-3-2-4-8(9)6-10(11)12/h8-12H,2-7H2,1H3. The Morgan fingerprint density at radius 1 is 1.08 bits per heavy atom. The molecule has 0 bridgehead atoms. The van der Waals surface area contributed by atoms with E-state index in [9.17, 15) is 5.11 Å². The molecule has 2 aliphatic rings. The fraction of sp³-hybridized carbons (Fsp3) is 1.00. The first-order chi connectivity index (χ1) is 6.31. The van der Waals surface area contributed by atoms with Crippen molar-refractivity contribution in [2.45, 2.75) is 50.7 Å². The molecular weight excluding hydrogens is 164 g/mol. The first kappa shape index (κ1) is 9.47. The highest BCUT2D eigenvalue weighted by Gasteiger charge is 2.37. The van der Waals surface area contributed by atoms with Gasteiger partial charge < -0.3 is 9.84 Å². The van der Waals surface area contributed by atoms with Crippen molar-refractivity contribution in [2.24, 2.45) is 11.8 Å². The number of methoxy groups -OCH3 is 1. The largest absolute Gasteiger partial charge is 0.390 e. The van der Waals surface area contributed by atoms with Crippen molar-refractivity contribution in [2.75, 3.05) is 7.11 Å². The first-order valence-corrected chi connectivity index (χ1v) is 5.52. The van der Waals surface area contributed by atoms with E-state index in [1.54, 1.807) is 7.11 Å². The Bertz CT molecular complexity index is 169. The molecule has 0 aromatic rings. The number of hydrogen-bond acceptors (Lipinski definition) is 2. The summed E-state index contributed by atoms with van der Waals surface area (Å²) in [6, 6.07) is 0. The van der Waals surface area contributed by atoms with Crippen molar-refractivity contribution in [3.05, 3.63) is 0 Å². The SMILES string of the molecule is COC1CC2CCCCC2CC1O. The number of aliphatic hydroxyl groups excluding tert-OH is 1. The van der Waals surface area contributed by atoms with Crippen molar-refractivity contribution < 1.29 is 9.84 Å². The Hall–Kier alpha value is -0.0800. The van der Waals surface area contributed by atoms with Gasteiger partial charge in [0.2, 0.25) is 0 Å². The highest BCUT2D eigenvalue weighted by molar-refractivity contribution is 4.88. The summed E-state index contributed by atoms with van der Waals surface area (Å²) in [7, 11) is 1.72. The Labute approximate surface area is 80.3 Å². The van der Waals surface area contributed by atoms with Gasteiger partial charge in [-0.15, -0.1) is 0 Å². The molecule has 2 rings (SSSR count). The van der Waals surface area contributed by atoms with Crippen molar-refractivity contribution >= 4 is 0 Å². The zero-order valence-corrected chi connectivity index (χ0v) is 8.41. The number of fused-ring (bicyclic) bond motifs is 1. The molecule has 0 aliphatic heterocycles. The zero-order valence-electron chi connectivity index (χ0n) is 8.41. The molecule has 13 heavy (non-hydrogen) atoms. The van der Waals surface area contributed by atoms with Crippen LogP contribution in [0.5, 0.6) is 0 Å². The summed E-state index contributed by atoms with van der Waals surface area (Å²) < 4.78 is 5.30. The summed E-state index contributed by atoms with van der Waals surface area (Å²) in [5.74, 6) is 1.62. The van der Waals surface area contributed by atoms with Crippen LogP contribution in [0.3, 0.4) is 0 Å². The lowest BCUT2D eigenvalue weighted by atomic mass is 9.69. The summed E-state index contributed by atoms with van der Waals surface area (Å²) in [6.45, 7) is 0. The third kappa shape index (κ3) is 1.89. The van der Waals surface area contributed by atoms with E-state index in [-0.39, 0.29) is 12.2 Å². The maximum Gasteiger partial charge on any atom is 0.0833 e. The third-order valence-corrected chi connectivity index (χ3v) is 3.88. The van der Waals surface area contributed by atoms with Gasteiger partial charge in [-0.2, -0.15) is 0 Å². The molecule has 2 nitrogen and oxygen atoms in total. The molecule has 0 aromatic carbocycles. The van der Waals surface area contributed by atoms with E-state index < -0.39 is 0 Å². The quantitative estimate of drug-likeness (QED) is 0.675. The van der Waals surface area contributed by atoms with Gasteiger partial charge in [0.15, 0.2) is 0 Å². The molecule has 0 saturated heterocycles. The Kier molecular flexibility index (Phi) is 2.89. The predicted molar refractivity (Wildman–Crippen MR) is 51.5 cm³/mol. The molecule has 4 atom stereocenters. The van der Waals surface area contributed by atoms with Crippen molar-refractivity contribution in [3.63, 3.8) is 0 Å². The Morgan fingerprint density at radius 3 is 2.31 bits per heavy atom. The molecule has 2 aliphatic carbocycles. The molecule has 0 heterocycles. The topological polar surface area (TPSA) is 29.5 Å². The lowest BCUT2D eigenvalue weighted by molar-refractivity contribution is -0.0764. The van der Waals surface area contributed by atoms with E-state index in [1.165, 1.54) is 25.7 Å². The van der Waals surface area contributed by atoms with Crippen LogP contribution in [0.2, 0.25) is 0 Å². The summed E-state index contributed by atoms with van der Waals surface area (Å²) in [5.41, 5.74) is 0. The van der Waals surface area contributed by atoms with Crippen LogP contribution >= 0.6 is 0 Å². The fourth-order valence-electron chi connectivity index (χ4n) is 3.08. The van der Waals surface area contributed by atoms with Crippen LogP contribution < -0.4 is 0 Å². The summed E-state index contributed by atoms with van der Waals surface area (Å²) in [4.78, 5) is 0. The molecule has 2 heteroatoms. The molecule has 76 valence electrons. The number of aliphatic hydroxyl groups is 1. The van der Waals surface area contributed by atoms with Crippen LogP contribution in [-0.2, 0) is 4.74 Å². The highest BCUT2D eigenvalue weighted by atomic mass is 16.5. The van der Waals surface area contributed by atoms with Gasteiger partial charge in [-0.25, -0.2) is 0 Å². The second-order valence-electron chi connectivity index (χ2n) is 4.62. The Morgan fingerprint density at radius 2 is 1.69 bits per heavy atom. The maximum absolute atomic E-state index is 9.78. The van der Waals surface area contributed by atoms with E-state index in [0.29, 0.717) is 0 Å². The van der Waals surface area contributed by atoms with E-state index in [2.05, 4.69) is 0 Å². The maximum atomic E-state index is 9.78. The highest BCUT2D eigenvalue weighted by Crippen LogP contribution is 2.41. The minimum absolute atomic E-state index is 0.111. The molecule has 2 saturated carbocycles. The first-order valence-electron chi connectivity index (χ1n) is 5.52. The van der Waals surface area contributed by atoms with E-state index in [4.69, 9.17) is 4.74 Å². The monoisotopic (exact) mass is 184 g/mol. The van der Waals surface area contributed by atoms with Gasteiger partial charge in [0.25, 0.3) is 0 Å². The van der Waals surface area contributed by atoms with Gasteiger partial charge >= 0.3 is 0 Å². The summed E-state index contributed by atoms with van der Waals surface area (Å²) in [5, 5.41) is 9.78. The molecule has 1 N–H and O–H groups in total. The second-order valence-corrected chi connectivity index (χ2v) is 4.62. The van der Waals surface area contributed by atoms with Crippen molar-refractivity contribution in [1.29, 1.82) is 0 Å². The molecule has 0 spiro atoms. The lowest BCUT2D eigenvalue weighted by Crippen LogP contribution is -2.41. The average Bonchev–Trinajstić information content (AvgIpc) is 2.17. The molecule has 2 fully saturated rings. The molecule has 4 unspecified atom stereocenters. The van der Waals surface area contributed by atoms with E-state index in [0.717, 1.165) is 24.7 Å². The molecule has 0 amide bonds. The van der Waals surface area contributed by atoms with Crippen LogP contribution in [0.15, 0.2) is 0 Å². The summed E-state index contributed by atoms with van der Waals surface area (Å²) >= 11 is 0. The van der Waals surface area contributed by atoms with Crippen molar-refractivity contribution in [3.8, 4) is 0 Å². The van der Waals surface area contributed by atoms with Crippen molar-refractivity contribution in [1.82, 2.24) is 0 Å². The average molecular weight is 184 g/mol. The smallest absolute Gasteiger partial charge is 0.0833 e. The van der Waals surface area contributed by atoms with Gasteiger partial charge in [-0.1, -0.05) is 25.7 Å². The van der Waals surface area contributed by atoms with E-state index in [1.807, 2.05) is 0 Å². The lowest BCUT2D eigenvalue weighted by Gasteiger charge is -2.41. The summed E-state index contributed by atoms with van der Waals surface area (Å²) in [6.07, 6.45) is 7.41. The Balaban J connectivity index is 1.97. The van der Waals surface area contributed by atoms with Crippen LogP contribution in [0.1, 0.15) is 38.5 Å². The molecule has 0 aromatic heterocycles. The number of ether oxygens (including phenoxy) is 1. The zero-order chi connectivity index (χ0) is 9.26. The van der Waals surface area contributed by atoms with Crippen LogP contribution in [0.4, 0.5) is 0 Å². The van der Waals surface area contributed by atoms with Crippen LogP contribution in [0, 0.1) is 11.8 Å². The molecule has 0 radical (unpaired) electrons. The second kappa shape index (κ2) is 3.97. The van der Waals surface area contributed by atoms with Crippen LogP contribution in [-0.4, -0.2) is 24.4 Å². The van der Waals surface area contributed by atoms with Gasteiger partial charge in [-0.05, 0) is 24.7 Å². The minimum atomic E-state index is -0.204. The predicted octanol–water partition coefficient (Wildman–Crippen LogP) is 1.96. The number of hydrogen-bond donors (Lipinski definition) is 1. The minimum Gasteiger partial charge on any atom is -0.390 e. The number of rotatable bonds is 1. The van der Waals surface area contributed by atoms with Gasteiger partial charge in [0.1, 0.15) is 0 Å².